The van der Waals surface area contributed by atoms with Gasteiger partial charge in [0.1, 0.15) is 6.23 Å². The number of benzene rings is 1. The first-order chi connectivity index (χ1) is 15.4. The molecule has 0 saturated carbocycles. The van der Waals surface area contributed by atoms with Crippen molar-refractivity contribution in [2.75, 3.05) is 38.3 Å². The molecule has 2 aliphatic rings. The fourth-order valence-corrected chi connectivity index (χ4v) is 4.26. The van der Waals surface area contributed by atoms with E-state index in [4.69, 9.17) is 9.47 Å². The molecule has 2 amide bonds. The number of allylic oxidation sites excluding steroid dienone is 2. The largest absolute Gasteiger partial charge is 0.379 e. The van der Waals surface area contributed by atoms with E-state index in [2.05, 4.69) is 31.3 Å². The number of anilines is 1. The Morgan fingerprint density at radius 1 is 1.16 bits per heavy atom. The van der Waals surface area contributed by atoms with Crippen LogP contribution in [-0.2, 0) is 19.1 Å². The highest BCUT2D eigenvalue weighted by molar-refractivity contribution is 5.90. The topological polar surface area (TPSA) is 88.1 Å². The van der Waals surface area contributed by atoms with Gasteiger partial charge in [0.25, 0.3) is 0 Å². The van der Waals surface area contributed by atoms with Crippen LogP contribution in [0.3, 0.4) is 0 Å². The maximum atomic E-state index is 12.4. The maximum Gasteiger partial charge on any atom is 0.227 e. The zero-order chi connectivity index (χ0) is 23.1. The lowest BCUT2D eigenvalue weighted by Gasteiger charge is -2.30. The van der Waals surface area contributed by atoms with Gasteiger partial charge in [0, 0.05) is 24.1 Å². The number of nitrogens with one attached hydrogen (secondary N) is 1. The highest BCUT2D eigenvalue weighted by atomic mass is 16.5. The summed E-state index contributed by atoms with van der Waals surface area (Å²) in [6.07, 6.45) is 4.62. The summed E-state index contributed by atoms with van der Waals surface area (Å²) in [5.74, 6) is 0.460. The van der Waals surface area contributed by atoms with Gasteiger partial charge in [-0.1, -0.05) is 45.1 Å². The number of carbonyl (C=O) groups excluding carboxylic acids is 2. The molecule has 1 aliphatic heterocycles. The van der Waals surface area contributed by atoms with Gasteiger partial charge in [-0.2, -0.15) is 0 Å². The van der Waals surface area contributed by atoms with E-state index in [0.717, 1.165) is 12.1 Å². The number of hydrogen-bond acceptors (Lipinski definition) is 5. The average molecular weight is 445 g/mol. The number of likely N-dealkylation sites (tertiary alicyclic amines) is 1. The molecule has 1 aromatic rings. The highest BCUT2D eigenvalue weighted by Crippen LogP contribution is 2.40. The van der Waals surface area contributed by atoms with Crippen molar-refractivity contribution in [3.63, 3.8) is 0 Å². The van der Waals surface area contributed by atoms with Crippen molar-refractivity contribution in [3.8, 4) is 0 Å². The predicted molar refractivity (Wildman–Crippen MR) is 123 cm³/mol. The van der Waals surface area contributed by atoms with Gasteiger partial charge in [-0.25, -0.2) is 0 Å². The van der Waals surface area contributed by atoms with E-state index in [-0.39, 0.29) is 30.1 Å². The van der Waals surface area contributed by atoms with Crippen LogP contribution < -0.4 is 5.32 Å². The van der Waals surface area contributed by atoms with Crippen molar-refractivity contribution < 1.29 is 24.2 Å². The Labute approximate surface area is 190 Å². The van der Waals surface area contributed by atoms with Crippen LogP contribution in [0.1, 0.15) is 45.1 Å². The molecule has 4 atom stereocenters. The number of aliphatic hydroxyl groups is 1. The molecule has 1 heterocycles. The molecule has 4 unspecified atom stereocenters. The zero-order valence-electron chi connectivity index (χ0n) is 19.3. The average Bonchev–Trinajstić information content (AvgIpc) is 2.93. The molecule has 0 bridgehead atoms. The molecule has 0 spiro atoms. The molecule has 0 aromatic heterocycles. The van der Waals surface area contributed by atoms with Crippen LogP contribution in [0.2, 0.25) is 0 Å². The van der Waals surface area contributed by atoms with E-state index in [1.54, 1.807) is 0 Å². The molecule has 3 rings (SSSR count). The van der Waals surface area contributed by atoms with E-state index < -0.39 is 6.23 Å². The molecule has 176 valence electrons. The van der Waals surface area contributed by atoms with Gasteiger partial charge < -0.3 is 24.8 Å². The van der Waals surface area contributed by atoms with Gasteiger partial charge in [-0.05, 0) is 36.0 Å². The Morgan fingerprint density at radius 3 is 2.41 bits per heavy atom. The number of ether oxygens (including phenoxy) is 2. The smallest absolute Gasteiger partial charge is 0.227 e. The minimum atomic E-state index is -0.743. The Hall–Kier alpha value is -2.22. The highest BCUT2D eigenvalue weighted by Gasteiger charge is 2.48. The van der Waals surface area contributed by atoms with E-state index in [1.807, 2.05) is 31.2 Å². The number of amides is 2. The van der Waals surface area contributed by atoms with Crippen molar-refractivity contribution in [1.82, 2.24) is 4.90 Å². The van der Waals surface area contributed by atoms with Crippen LogP contribution in [0.5, 0.6) is 0 Å². The fraction of sp³-hybridized carbons (Fsp3) is 0.600. The van der Waals surface area contributed by atoms with Crippen LogP contribution in [-0.4, -0.2) is 61.0 Å². The number of aliphatic hydroxyl groups excluding tert-OH is 1. The van der Waals surface area contributed by atoms with Crippen molar-refractivity contribution in [3.05, 3.63) is 42.0 Å². The SMILES string of the molecule is CC(C)c1ccc(NC(=O)CCOCCOCCN2C(=O)C(C)C(C3C=CC3)C2O)cc1. The molecule has 7 nitrogen and oxygen atoms in total. The molecule has 32 heavy (non-hydrogen) atoms. The summed E-state index contributed by atoms with van der Waals surface area (Å²) in [7, 11) is 0. The van der Waals surface area contributed by atoms with Gasteiger partial charge in [0.2, 0.25) is 11.8 Å². The van der Waals surface area contributed by atoms with Crippen molar-refractivity contribution in [1.29, 1.82) is 0 Å². The minimum Gasteiger partial charge on any atom is -0.379 e. The van der Waals surface area contributed by atoms with Crippen molar-refractivity contribution in [2.45, 2.75) is 45.8 Å². The van der Waals surface area contributed by atoms with Gasteiger partial charge in [0.15, 0.2) is 0 Å². The quantitative estimate of drug-likeness (QED) is 0.382. The number of rotatable bonds is 12. The summed E-state index contributed by atoms with van der Waals surface area (Å²) >= 11 is 0. The third-order valence-electron chi connectivity index (χ3n) is 6.38. The fourth-order valence-electron chi connectivity index (χ4n) is 4.26. The standard InChI is InChI=1S/C25H36N2O5/c1-17(2)19-7-9-21(10-8-19)26-22(28)11-13-31-15-16-32-14-12-27-24(29)18(3)23(25(27)30)20-5-4-6-20/h4-5,7-10,17-18,20,23,25,30H,6,11-16H2,1-3H3,(H,26,28). The molecular weight excluding hydrogens is 408 g/mol. The van der Waals surface area contributed by atoms with Crippen LogP contribution >= 0.6 is 0 Å². The molecular formula is C25H36N2O5. The summed E-state index contributed by atoms with van der Waals surface area (Å²) in [6, 6.07) is 7.87. The van der Waals surface area contributed by atoms with Gasteiger partial charge in [0.05, 0.1) is 32.8 Å². The summed E-state index contributed by atoms with van der Waals surface area (Å²) in [5, 5.41) is 13.4. The van der Waals surface area contributed by atoms with Crippen LogP contribution in [0, 0.1) is 17.8 Å². The lowest BCUT2D eigenvalue weighted by molar-refractivity contribution is -0.136. The van der Waals surface area contributed by atoms with Crippen LogP contribution in [0.15, 0.2) is 36.4 Å². The van der Waals surface area contributed by atoms with Crippen LogP contribution in [0.25, 0.3) is 0 Å². The molecule has 1 aliphatic carbocycles. The summed E-state index contributed by atoms with van der Waals surface area (Å²) < 4.78 is 11.0. The Balaban J connectivity index is 1.24. The lowest BCUT2D eigenvalue weighted by Crippen LogP contribution is -2.39. The molecule has 1 saturated heterocycles. The predicted octanol–water partition coefficient (Wildman–Crippen LogP) is 3.16. The number of carbonyl (C=O) groups is 2. The summed E-state index contributed by atoms with van der Waals surface area (Å²) in [4.78, 5) is 26.0. The second kappa shape index (κ2) is 11.6. The normalized spacial score (nSPS) is 24.8. The monoisotopic (exact) mass is 444 g/mol. The lowest BCUT2D eigenvalue weighted by atomic mass is 9.77. The molecule has 2 N–H and O–H groups in total. The van der Waals surface area contributed by atoms with Crippen molar-refractivity contribution >= 4 is 17.5 Å². The second-order valence-electron chi connectivity index (χ2n) is 8.94. The first-order valence-electron chi connectivity index (χ1n) is 11.6. The van der Waals surface area contributed by atoms with E-state index in [0.29, 0.717) is 44.8 Å². The first kappa shape index (κ1) is 24.4. The molecule has 7 heteroatoms. The number of hydrogen-bond donors (Lipinski definition) is 2. The Kier molecular flexibility index (Phi) is 8.84. The van der Waals surface area contributed by atoms with Gasteiger partial charge >= 0.3 is 0 Å². The van der Waals surface area contributed by atoms with Crippen molar-refractivity contribution in [2.24, 2.45) is 17.8 Å². The van der Waals surface area contributed by atoms with E-state index >= 15 is 0 Å². The number of nitrogens with zero attached hydrogens (tertiary/aromatic N) is 1. The van der Waals surface area contributed by atoms with E-state index in [9.17, 15) is 14.7 Å². The summed E-state index contributed by atoms with van der Waals surface area (Å²) in [5.41, 5.74) is 2.02. The first-order valence-corrected chi connectivity index (χ1v) is 11.6. The molecule has 0 radical (unpaired) electrons. The summed E-state index contributed by atoms with van der Waals surface area (Å²) in [6.45, 7) is 7.94. The second-order valence-corrected chi connectivity index (χ2v) is 8.94. The molecule has 1 aromatic carbocycles. The third-order valence-corrected chi connectivity index (χ3v) is 6.38. The Bertz CT molecular complexity index is 792. The minimum absolute atomic E-state index is 0.00694. The van der Waals surface area contributed by atoms with Crippen LogP contribution in [0.4, 0.5) is 5.69 Å². The third kappa shape index (κ3) is 6.18. The van der Waals surface area contributed by atoms with Gasteiger partial charge in [-0.15, -0.1) is 0 Å². The van der Waals surface area contributed by atoms with E-state index in [1.165, 1.54) is 10.5 Å². The molecule has 1 fully saturated rings. The van der Waals surface area contributed by atoms with Gasteiger partial charge in [-0.3, -0.25) is 9.59 Å². The Morgan fingerprint density at radius 2 is 1.81 bits per heavy atom. The maximum absolute atomic E-state index is 12.4. The zero-order valence-corrected chi connectivity index (χ0v) is 19.3.